The van der Waals surface area contributed by atoms with Gasteiger partial charge in [0.05, 0.1) is 6.04 Å². The average molecular weight is 395 g/mol. The maximum Gasteiger partial charge on any atom is 0.226 e. The lowest BCUT2D eigenvalue weighted by molar-refractivity contribution is -0.146. The van der Waals surface area contributed by atoms with Crippen LogP contribution in [0.5, 0.6) is 0 Å². The summed E-state index contributed by atoms with van der Waals surface area (Å²) >= 11 is 0. The highest BCUT2D eigenvalue weighted by Gasteiger charge is 2.54. The second kappa shape index (κ2) is 7.19. The summed E-state index contributed by atoms with van der Waals surface area (Å²) in [7, 11) is 0. The van der Waals surface area contributed by atoms with Gasteiger partial charge >= 0.3 is 0 Å². The van der Waals surface area contributed by atoms with Gasteiger partial charge in [0, 0.05) is 23.8 Å². The van der Waals surface area contributed by atoms with E-state index in [0.29, 0.717) is 13.0 Å². The Morgan fingerprint density at radius 2 is 1.76 bits per heavy atom. The molecule has 2 N–H and O–H groups in total. The number of benzene rings is 1. The second-order valence-corrected chi connectivity index (χ2v) is 9.68. The van der Waals surface area contributed by atoms with Gasteiger partial charge in [-0.2, -0.15) is 0 Å². The molecule has 0 spiro atoms. The second-order valence-electron chi connectivity index (χ2n) is 9.68. The molecule has 0 aliphatic heterocycles. The zero-order valence-electron chi connectivity index (χ0n) is 17.1. The van der Waals surface area contributed by atoms with Crippen LogP contribution in [0.15, 0.2) is 34.7 Å². The monoisotopic (exact) mass is 394 g/mol. The largest absolute Gasteiger partial charge is 0.459 e. The summed E-state index contributed by atoms with van der Waals surface area (Å²) in [5.74, 6) is 3.12. The lowest BCUT2D eigenvalue weighted by atomic mass is 9.49. The van der Waals surface area contributed by atoms with E-state index in [4.69, 9.17) is 4.42 Å². The van der Waals surface area contributed by atoms with Gasteiger partial charge in [-0.25, -0.2) is 0 Å². The molecular weight excluding hydrogens is 364 g/mol. The summed E-state index contributed by atoms with van der Waals surface area (Å²) in [5.41, 5.74) is 0.679. The number of rotatable bonds is 6. The van der Waals surface area contributed by atoms with Gasteiger partial charge in [0.15, 0.2) is 0 Å². The number of carbonyl (C=O) groups is 2. The molecule has 4 saturated carbocycles. The van der Waals surface area contributed by atoms with Gasteiger partial charge in [-0.1, -0.05) is 18.2 Å². The molecule has 2 amide bonds. The molecule has 1 unspecified atom stereocenters. The van der Waals surface area contributed by atoms with Crippen molar-refractivity contribution in [1.82, 2.24) is 10.6 Å². The Bertz CT molecular complexity index is 863. The maximum atomic E-state index is 13.0. The van der Waals surface area contributed by atoms with E-state index in [-0.39, 0.29) is 23.3 Å². The lowest BCUT2D eigenvalue weighted by Gasteiger charge is -2.55. The minimum absolute atomic E-state index is 0.0660. The molecule has 0 radical (unpaired) electrons. The topological polar surface area (TPSA) is 71.3 Å². The lowest BCUT2D eigenvalue weighted by Crippen LogP contribution is -2.53. The Morgan fingerprint density at radius 1 is 1.10 bits per heavy atom. The molecule has 4 aliphatic rings. The van der Waals surface area contributed by atoms with Crippen LogP contribution in [0.3, 0.4) is 0 Å². The van der Waals surface area contributed by atoms with Gasteiger partial charge in [0.1, 0.15) is 11.3 Å². The number of furan rings is 1. The summed E-state index contributed by atoms with van der Waals surface area (Å²) in [4.78, 5) is 25.3. The summed E-state index contributed by atoms with van der Waals surface area (Å²) in [5, 5.41) is 7.10. The molecular formula is C24H30N2O3. The number of nitrogens with one attached hydrogen (secondary N) is 2. The third kappa shape index (κ3) is 3.56. The Hall–Kier alpha value is -2.30. The minimum atomic E-state index is -0.200. The van der Waals surface area contributed by atoms with Crippen LogP contribution in [0.4, 0.5) is 0 Å². The van der Waals surface area contributed by atoms with Crippen LogP contribution >= 0.6 is 0 Å². The standard InChI is InChI=1S/C24H30N2O3/c1-15(21-11-19-4-2-3-5-20(19)29-21)26-22(27)6-7-25-23(28)24-12-16-8-17(13-24)10-18(9-16)14-24/h2-5,11,15-18H,6-10,12-14H2,1H3,(H,25,28)(H,26,27). The molecule has 4 fully saturated rings. The third-order valence-corrected chi connectivity index (χ3v) is 7.41. The summed E-state index contributed by atoms with van der Waals surface area (Å²) in [6.45, 7) is 2.32. The highest BCUT2D eigenvalue weighted by atomic mass is 16.3. The van der Waals surface area contributed by atoms with Gasteiger partial charge in [0.2, 0.25) is 11.8 Å². The van der Waals surface area contributed by atoms with Crippen molar-refractivity contribution in [3.05, 3.63) is 36.1 Å². The van der Waals surface area contributed by atoms with Gasteiger partial charge in [-0.3, -0.25) is 9.59 Å². The predicted octanol–water partition coefficient (Wildman–Crippen LogP) is 4.33. The summed E-state index contributed by atoms with van der Waals surface area (Å²) in [6.07, 6.45) is 7.45. The van der Waals surface area contributed by atoms with Crippen LogP contribution < -0.4 is 10.6 Å². The quantitative estimate of drug-likeness (QED) is 0.766. The van der Waals surface area contributed by atoms with Crippen LogP contribution in [0.25, 0.3) is 11.0 Å². The van der Waals surface area contributed by atoms with Crippen molar-refractivity contribution in [2.24, 2.45) is 23.2 Å². The predicted molar refractivity (Wildman–Crippen MR) is 111 cm³/mol. The molecule has 5 nitrogen and oxygen atoms in total. The van der Waals surface area contributed by atoms with E-state index in [1.54, 1.807) is 0 Å². The molecule has 154 valence electrons. The Balaban J connectivity index is 1.12. The zero-order chi connectivity index (χ0) is 20.0. The van der Waals surface area contributed by atoms with Crippen molar-refractivity contribution in [2.75, 3.05) is 6.54 Å². The molecule has 1 heterocycles. The number of amides is 2. The van der Waals surface area contributed by atoms with Crippen molar-refractivity contribution in [3.8, 4) is 0 Å². The summed E-state index contributed by atoms with van der Waals surface area (Å²) in [6, 6.07) is 9.59. The van der Waals surface area contributed by atoms with Crippen molar-refractivity contribution in [2.45, 2.75) is 57.9 Å². The molecule has 1 aromatic carbocycles. The smallest absolute Gasteiger partial charge is 0.226 e. The average Bonchev–Trinajstić information content (AvgIpc) is 3.11. The minimum Gasteiger partial charge on any atom is -0.459 e. The Labute approximate surface area is 171 Å². The molecule has 2 aromatic rings. The molecule has 29 heavy (non-hydrogen) atoms. The van der Waals surface area contributed by atoms with Crippen molar-refractivity contribution in [1.29, 1.82) is 0 Å². The van der Waals surface area contributed by atoms with Crippen LogP contribution in [-0.4, -0.2) is 18.4 Å². The van der Waals surface area contributed by atoms with Crippen LogP contribution in [0.2, 0.25) is 0 Å². The van der Waals surface area contributed by atoms with Gasteiger partial charge in [0.25, 0.3) is 0 Å². The first-order valence-corrected chi connectivity index (χ1v) is 11.1. The highest BCUT2D eigenvalue weighted by Crippen LogP contribution is 2.60. The molecule has 1 aromatic heterocycles. The third-order valence-electron chi connectivity index (χ3n) is 7.41. The number of para-hydroxylation sites is 1. The fraction of sp³-hybridized carbons (Fsp3) is 0.583. The van der Waals surface area contributed by atoms with Crippen LogP contribution in [0.1, 0.15) is 63.7 Å². The first-order chi connectivity index (χ1) is 14.0. The number of hydrogen-bond acceptors (Lipinski definition) is 3. The van der Waals surface area contributed by atoms with E-state index in [2.05, 4.69) is 10.6 Å². The van der Waals surface area contributed by atoms with E-state index in [1.165, 1.54) is 19.3 Å². The number of carbonyl (C=O) groups excluding carboxylic acids is 2. The highest BCUT2D eigenvalue weighted by molar-refractivity contribution is 5.84. The van der Waals surface area contributed by atoms with E-state index >= 15 is 0 Å². The molecule has 6 rings (SSSR count). The number of hydrogen-bond donors (Lipinski definition) is 2. The SMILES string of the molecule is CC(NC(=O)CCNC(=O)C12CC3CC(CC(C3)C1)C2)c1cc2ccccc2o1. The molecule has 5 heteroatoms. The van der Waals surface area contributed by atoms with E-state index in [1.807, 2.05) is 37.3 Å². The van der Waals surface area contributed by atoms with Crippen molar-refractivity contribution < 1.29 is 14.0 Å². The summed E-state index contributed by atoms with van der Waals surface area (Å²) < 4.78 is 5.83. The Kier molecular flexibility index (Phi) is 4.64. The van der Waals surface area contributed by atoms with Gasteiger partial charge in [-0.05, 0) is 75.3 Å². The van der Waals surface area contributed by atoms with Gasteiger partial charge < -0.3 is 15.1 Å². The van der Waals surface area contributed by atoms with E-state index in [0.717, 1.165) is 53.7 Å². The first kappa shape index (κ1) is 18.7. The molecule has 4 aliphatic carbocycles. The fourth-order valence-corrected chi connectivity index (χ4v) is 6.47. The first-order valence-electron chi connectivity index (χ1n) is 11.1. The molecule has 4 bridgehead atoms. The van der Waals surface area contributed by atoms with E-state index in [9.17, 15) is 9.59 Å². The van der Waals surface area contributed by atoms with Crippen LogP contribution in [-0.2, 0) is 9.59 Å². The number of fused-ring (bicyclic) bond motifs is 1. The fourth-order valence-electron chi connectivity index (χ4n) is 6.47. The molecule has 1 atom stereocenters. The van der Waals surface area contributed by atoms with Crippen molar-refractivity contribution >= 4 is 22.8 Å². The van der Waals surface area contributed by atoms with Crippen molar-refractivity contribution in [3.63, 3.8) is 0 Å². The molecule has 0 saturated heterocycles. The zero-order valence-corrected chi connectivity index (χ0v) is 17.1. The van der Waals surface area contributed by atoms with Gasteiger partial charge in [-0.15, -0.1) is 0 Å². The van der Waals surface area contributed by atoms with E-state index < -0.39 is 0 Å². The van der Waals surface area contributed by atoms with Crippen LogP contribution in [0, 0.1) is 23.2 Å². The maximum absolute atomic E-state index is 13.0. The Morgan fingerprint density at radius 3 is 2.41 bits per heavy atom. The normalized spacial score (nSPS) is 31.0.